The van der Waals surface area contributed by atoms with Crippen molar-refractivity contribution < 1.29 is 19.1 Å². The number of benzene rings is 1. The number of nitrogens with one attached hydrogen (secondary N) is 1. The van der Waals surface area contributed by atoms with Gasteiger partial charge in [-0.2, -0.15) is 0 Å². The molecule has 5 heteroatoms. The van der Waals surface area contributed by atoms with Crippen LogP contribution in [0.3, 0.4) is 0 Å². The average Bonchev–Trinajstić information content (AvgIpc) is 2.55. The van der Waals surface area contributed by atoms with E-state index in [0.717, 1.165) is 38.0 Å². The van der Waals surface area contributed by atoms with E-state index in [0.29, 0.717) is 12.9 Å². The molecule has 0 saturated carbocycles. The zero-order chi connectivity index (χ0) is 18.1. The van der Waals surface area contributed by atoms with Crippen LogP contribution in [0.25, 0.3) is 0 Å². The average molecular weight is 335 g/mol. The topological polar surface area (TPSA) is 64.6 Å². The zero-order valence-corrected chi connectivity index (χ0v) is 15.1. The Morgan fingerprint density at radius 2 is 1.88 bits per heavy atom. The minimum Gasteiger partial charge on any atom is -0.497 e. The van der Waals surface area contributed by atoms with E-state index in [1.807, 2.05) is 32.9 Å². The van der Waals surface area contributed by atoms with Crippen LogP contribution in [0.2, 0.25) is 0 Å². The molecule has 0 amide bonds. The standard InChI is InChI=1S/C14H19NO2.C5H10O2/c1-17-13-4-2-3-12(11-13)14(7-10-16)5-8-15-9-6-14;1-5(2,3)7-4-6/h2-4,10-11,15H,5-9H2,1H3;4H,1-3H3. The molecule has 1 saturated heterocycles. The number of carbonyl (C=O) groups is 2. The molecular weight excluding hydrogens is 306 g/mol. The number of ether oxygens (including phenoxy) is 2. The fraction of sp³-hybridized carbons (Fsp3) is 0.579. The van der Waals surface area contributed by atoms with E-state index in [9.17, 15) is 9.59 Å². The Labute approximate surface area is 144 Å². The van der Waals surface area contributed by atoms with Gasteiger partial charge in [0.2, 0.25) is 0 Å². The minimum atomic E-state index is -0.318. The molecule has 1 aliphatic rings. The number of piperidine rings is 1. The maximum atomic E-state index is 11.0. The molecular formula is C19H29NO4. The molecule has 0 aromatic heterocycles. The summed E-state index contributed by atoms with van der Waals surface area (Å²) in [6.45, 7) is 7.88. The highest BCUT2D eigenvalue weighted by molar-refractivity contribution is 5.54. The van der Waals surface area contributed by atoms with Crippen molar-refractivity contribution in [1.29, 1.82) is 0 Å². The molecule has 1 aromatic carbocycles. The van der Waals surface area contributed by atoms with Gasteiger partial charge in [-0.3, -0.25) is 4.79 Å². The van der Waals surface area contributed by atoms with Gasteiger partial charge in [-0.25, -0.2) is 0 Å². The SMILES string of the molecule is CC(C)(C)OC=O.COc1cccc(C2(CC=O)CCNCC2)c1. The lowest BCUT2D eigenvalue weighted by molar-refractivity contribution is -0.138. The summed E-state index contributed by atoms with van der Waals surface area (Å²) in [4.78, 5) is 20.6. The smallest absolute Gasteiger partial charge is 0.293 e. The molecule has 2 rings (SSSR count). The lowest BCUT2D eigenvalue weighted by Crippen LogP contribution is -2.40. The van der Waals surface area contributed by atoms with Gasteiger partial charge >= 0.3 is 0 Å². The molecule has 0 unspecified atom stereocenters. The molecule has 1 fully saturated rings. The van der Waals surface area contributed by atoms with Crippen molar-refractivity contribution in [3.8, 4) is 5.75 Å². The van der Waals surface area contributed by atoms with E-state index in [1.165, 1.54) is 5.56 Å². The van der Waals surface area contributed by atoms with Gasteiger partial charge in [0.25, 0.3) is 6.47 Å². The summed E-state index contributed by atoms with van der Waals surface area (Å²) in [5, 5.41) is 3.35. The van der Waals surface area contributed by atoms with Crippen molar-refractivity contribution in [3.05, 3.63) is 29.8 Å². The maximum absolute atomic E-state index is 11.0. The summed E-state index contributed by atoms with van der Waals surface area (Å²) in [6, 6.07) is 8.12. The molecule has 1 aliphatic heterocycles. The van der Waals surface area contributed by atoms with Gasteiger partial charge in [0.1, 0.15) is 17.6 Å². The van der Waals surface area contributed by atoms with E-state index >= 15 is 0 Å². The molecule has 5 nitrogen and oxygen atoms in total. The van der Waals surface area contributed by atoms with Crippen molar-refractivity contribution in [1.82, 2.24) is 5.32 Å². The largest absolute Gasteiger partial charge is 0.497 e. The third-order valence-electron chi connectivity index (χ3n) is 4.12. The zero-order valence-electron chi connectivity index (χ0n) is 15.1. The Balaban J connectivity index is 0.000000351. The van der Waals surface area contributed by atoms with Crippen LogP contribution < -0.4 is 10.1 Å². The molecule has 0 bridgehead atoms. The van der Waals surface area contributed by atoms with Crippen molar-refractivity contribution >= 4 is 12.8 Å². The van der Waals surface area contributed by atoms with E-state index < -0.39 is 0 Å². The van der Waals surface area contributed by atoms with Crippen LogP contribution in [-0.2, 0) is 19.7 Å². The fourth-order valence-corrected chi connectivity index (χ4v) is 2.77. The van der Waals surface area contributed by atoms with Gasteiger partial charge in [0.05, 0.1) is 7.11 Å². The number of methoxy groups -OCH3 is 1. The van der Waals surface area contributed by atoms with Crippen LogP contribution in [0.1, 0.15) is 45.6 Å². The summed E-state index contributed by atoms with van der Waals surface area (Å²) >= 11 is 0. The maximum Gasteiger partial charge on any atom is 0.293 e. The summed E-state index contributed by atoms with van der Waals surface area (Å²) in [6.07, 6.45) is 3.67. The Kier molecular flexibility index (Phi) is 7.92. The second kappa shape index (κ2) is 9.42. The Morgan fingerprint density at radius 1 is 1.21 bits per heavy atom. The second-order valence-electron chi connectivity index (χ2n) is 6.96. The first-order valence-electron chi connectivity index (χ1n) is 8.27. The number of aldehydes is 1. The van der Waals surface area contributed by atoms with Crippen LogP contribution in [0.4, 0.5) is 0 Å². The van der Waals surface area contributed by atoms with Crippen molar-refractivity contribution in [2.45, 2.75) is 51.0 Å². The second-order valence-corrected chi connectivity index (χ2v) is 6.96. The van der Waals surface area contributed by atoms with Crippen LogP contribution in [0, 0.1) is 0 Å². The molecule has 1 aromatic rings. The van der Waals surface area contributed by atoms with Gasteiger partial charge in [0, 0.05) is 11.8 Å². The molecule has 0 radical (unpaired) electrons. The van der Waals surface area contributed by atoms with Crippen LogP contribution in [0.5, 0.6) is 5.75 Å². The van der Waals surface area contributed by atoms with Crippen molar-refractivity contribution in [2.75, 3.05) is 20.2 Å². The van der Waals surface area contributed by atoms with Gasteiger partial charge < -0.3 is 19.6 Å². The monoisotopic (exact) mass is 335 g/mol. The molecule has 1 heterocycles. The fourth-order valence-electron chi connectivity index (χ4n) is 2.77. The summed E-state index contributed by atoms with van der Waals surface area (Å²) in [5.74, 6) is 0.867. The Hall–Kier alpha value is -1.88. The first-order valence-corrected chi connectivity index (χ1v) is 8.27. The first-order chi connectivity index (χ1) is 11.4. The van der Waals surface area contributed by atoms with E-state index in [-0.39, 0.29) is 11.0 Å². The minimum absolute atomic E-state index is 0.00153. The third-order valence-corrected chi connectivity index (χ3v) is 4.12. The Morgan fingerprint density at radius 3 is 2.33 bits per heavy atom. The lowest BCUT2D eigenvalue weighted by atomic mass is 9.71. The number of hydrogen-bond acceptors (Lipinski definition) is 5. The molecule has 24 heavy (non-hydrogen) atoms. The molecule has 0 spiro atoms. The van der Waals surface area contributed by atoms with Gasteiger partial charge in [-0.1, -0.05) is 12.1 Å². The Bertz CT molecular complexity index is 516. The van der Waals surface area contributed by atoms with E-state index in [4.69, 9.17) is 4.74 Å². The van der Waals surface area contributed by atoms with Crippen LogP contribution in [0.15, 0.2) is 24.3 Å². The van der Waals surface area contributed by atoms with Crippen molar-refractivity contribution in [2.24, 2.45) is 0 Å². The number of carbonyl (C=O) groups excluding carboxylic acids is 2. The van der Waals surface area contributed by atoms with Gasteiger partial charge in [-0.15, -0.1) is 0 Å². The van der Waals surface area contributed by atoms with Gasteiger partial charge in [-0.05, 0) is 64.4 Å². The third kappa shape index (κ3) is 6.32. The van der Waals surface area contributed by atoms with Crippen molar-refractivity contribution in [3.63, 3.8) is 0 Å². The highest BCUT2D eigenvalue weighted by Crippen LogP contribution is 2.37. The van der Waals surface area contributed by atoms with E-state index in [2.05, 4.69) is 22.2 Å². The normalized spacial score (nSPS) is 16.3. The number of hydrogen-bond donors (Lipinski definition) is 1. The highest BCUT2D eigenvalue weighted by atomic mass is 16.5. The molecule has 134 valence electrons. The van der Waals surface area contributed by atoms with Crippen LogP contribution in [-0.4, -0.2) is 38.6 Å². The molecule has 1 N–H and O–H groups in total. The first kappa shape index (κ1) is 20.2. The summed E-state index contributed by atoms with van der Waals surface area (Å²) in [5.41, 5.74) is 0.911. The quantitative estimate of drug-likeness (QED) is 0.838. The number of rotatable bonds is 5. The molecule has 0 atom stereocenters. The van der Waals surface area contributed by atoms with Crippen LogP contribution >= 0.6 is 0 Å². The lowest BCUT2D eigenvalue weighted by Gasteiger charge is -2.37. The predicted octanol–water partition coefficient (Wildman–Crippen LogP) is 2.86. The van der Waals surface area contributed by atoms with E-state index in [1.54, 1.807) is 7.11 Å². The highest BCUT2D eigenvalue weighted by Gasteiger charge is 2.33. The van der Waals surface area contributed by atoms with Gasteiger partial charge in [0.15, 0.2) is 0 Å². The molecule has 0 aliphatic carbocycles. The summed E-state index contributed by atoms with van der Waals surface area (Å²) in [7, 11) is 1.67. The predicted molar refractivity (Wildman–Crippen MR) is 94.4 cm³/mol. The summed E-state index contributed by atoms with van der Waals surface area (Å²) < 4.78 is 9.81.